The minimum Gasteiger partial charge on any atom is -0.481 e. The molecule has 5 heteroatoms. The largest absolute Gasteiger partial charge is 0.481 e. The van der Waals surface area contributed by atoms with Gasteiger partial charge in [0.1, 0.15) is 0 Å². The number of nitrogens with one attached hydrogen (secondary N) is 1. The van der Waals surface area contributed by atoms with Gasteiger partial charge in [-0.2, -0.15) is 0 Å². The van der Waals surface area contributed by atoms with Crippen LogP contribution in [0.4, 0.5) is 0 Å². The van der Waals surface area contributed by atoms with Gasteiger partial charge in [-0.15, -0.1) is 0 Å². The SMILES string of the molecule is CCOCC(C)NC(=O)CCCC(=O)O. The van der Waals surface area contributed by atoms with Crippen molar-refractivity contribution in [1.29, 1.82) is 0 Å². The molecule has 0 radical (unpaired) electrons. The van der Waals surface area contributed by atoms with Crippen LogP contribution in [0.1, 0.15) is 33.1 Å². The Hall–Kier alpha value is -1.10. The lowest BCUT2D eigenvalue weighted by molar-refractivity contribution is -0.137. The van der Waals surface area contributed by atoms with Gasteiger partial charge in [0, 0.05) is 25.5 Å². The maximum Gasteiger partial charge on any atom is 0.303 e. The summed E-state index contributed by atoms with van der Waals surface area (Å²) in [5.74, 6) is -0.992. The summed E-state index contributed by atoms with van der Waals surface area (Å²) in [4.78, 5) is 21.4. The van der Waals surface area contributed by atoms with Gasteiger partial charge < -0.3 is 15.2 Å². The molecule has 15 heavy (non-hydrogen) atoms. The van der Waals surface area contributed by atoms with Crippen molar-refractivity contribution in [1.82, 2.24) is 5.32 Å². The summed E-state index contributed by atoms with van der Waals surface area (Å²) < 4.78 is 5.13. The Bertz CT molecular complexity index is 206. The van der Waals surface area contributed by atoms with Crippen LogP contribution >= 0.6 is 0 Å². The van der Waals surface area contributed by atoms with E-state index in [-0.39, 0.29) is 24.8 Å². The van der Waals surface area contributed by atoms with Crippen molar-refractivity contribution in [3.05, 3.63) is 0 Å². The summed E-state index contributed by atoms with van der Waals surface area (Å²) in [6.45, 7) is 4.85. The minimum absolute atomic E-state index is 0.0257. The number of carboxylic acid groups (broad SMARTS) is 1. The predicted molar refractivity (Wildman–Crippen MR) is 55.6 cm³/mol. The van der Waals surface area contributed by atoms with Gasteiger partial charge in [-0.25, -0.2) is 0 Å². The lowest BCUT2D eigenvalue weighted by Crippen LogP contribution is -2.35. The van der Waals surface area contributed by atoms with Crippen molar-refractivity contribution in [3.63, 3.8) is 0 Å². The van der Waals surface area contributed by atoms with E-state index in [1.54, 1.807) is 0 Å². The molecule has 0 heterocycles. The molecule has 0 aliphatic heterocycles. The van der Waals surface area contributed by atoms with Gasteiger partial charge in [0.05, 0.1) is 6.61 Å². The molecule has 0 aromatic rings. The number of aliphatic carboxylic acids is 1. The van der Waals surface area contributed by atoms with E-state index in [9.17, 15) is 9.59 Å². The van der Waals surface area contributed by atoms with Crippen molar-refractivity contribution in [3.8, 4) is 0 Å². The molecule has 1 amide bonds. The zero-order valence-electron chi connectivity index (χ0n) is 9.28. The smallest absolute Gasteiger partial charge is 0.303 e. The molecule has 2 N–H and O–H groups in total. The van der Waals surface area contributed by atoms with E-state index in [0.717, 1.165) is 0 Å². The standard InChI is InChI=1S/C10H19NO4/c1-3-15-7-8(2)11-9(12)5-4-6-10(13)14/h8H,3-7H2,1-2H3,(H,11,12)(H,13,14). The molecule has 1 unspecified atom stereocenters. The van der Waals surface area contributed by atoms with Crippen molar-refractivity contribution >= 4 is 11.9 Å². The summed E-state index contributed by atoms with van der Waals surface area (Å²) in [5.41, 5.74) is 0. The topological polar surface area (TPSA) is 75.6 Å². The van der Waals surface area contributed by atoms with E-state index in [0.29, 0.717) is 19.6 Å². The average molecular weight is 217 g/mol. The number of ether oxygens (including phenoxy) is 1. The monoisotopic (exact) mass is 217 g/mol. The summed E-state index contributed by atoms with van der Waals surface area (Å²) in [7, 11) is 0. The van der Waals surface area contributed by atoms with Gasteiger partial charge in [-0.05, 0) is 20.3 Å². The molecule has 0 aromatic heterocycles. The number of hydrogen-bond acceptors (Lipinski definition) is 3. The Morgan fingerprint density at radius 3 is 2.60 bits per heavy atom. The van der Waals surface area contributed by atoms with E-state index in [1.807, 2.05) is 13.8 Å². The second kappa shape index (κ2) is 8.23. The highest BCUT2D eigenvalue weighted by Gasteiger charge is 2.07. The minimum atomic E-state index is -0.870. The van der Waals surface area contributed by atoms with Crippen LogP contribution in [-0.4, -0.2) is 36.2 Å². The van der Waals surface area contributed by atoms with Crippen LogP contribution in [0.3, 0.4) is 0 Å². The van der Waals surface area contributed by atoms with Crippen LogP contribution in [0, 0.1) is 0 Å². The molecule has 0 aliphatic carbocycles. The molecule has 5 nitrogen and oxygen atoms in total. The molecule has 0 aliphatic rings. The van der Waals surface area contributed by atoms with Crippen LogP contribution in [0.5, 0.6) is 0 Å². The molecular formula is C10H19NO4. The molecule has 88 valence electrons. The van der Waals surface area contributed by atoms with Crippen LogP contribution < -0.4 is 5.32 Å². The van der Waals surface area contributed by atoms with Gasteiger partial charge in [0.15, 0.2) is 0 Å². The van der Waals surface area contributed by atoms with E-state index < -0.39 is 5.97 Å². The number of hydrogen-bond donors (Lipinski definition) is 2. The van der Waals surface area contributed by atoms with Gasteiger partial charge in [-0.1, -0.05) is 0 Å². The molecule has 0 saturated heterocycles. The number of amides is 1. The van der Waals surface area contributed by atoms with Gasteiger partial charge in [0.2, 0.25) is 5.91 Å². The summed E-state index contributed by atoms with van der Waals surface area (Å²) in [6, 6.07) is -0.0257. The summed E-state index contributed by atoms with van der Waals surface area (Å²) in [5, 5.41) is 11.1. The Kier molecular flexibility index (Phi) is 7.62. The Morgan fingerprint density at radius 2 is 2.07 bits per heavy atom. The maximum absolute atomic E-state index is 11.2. The molecule has 0 saturated carbocycles. The number of carbonyl (C=O) groups excluding carboxylic acids is 1. The zero-order chi connectivity index (χ0) is 11.7. The fourth-order valence-corrected chi connectivity index (χ4v) is 1.08. The highest BCUT2D eigenvalue weighted by atomic mass is 16.5. The number of carboxylic acids is 1. The van der Waals surface area contributed by atoms with Crippen molar-refractivity contribution < 1.29 is 19.4 Å². The van der Waals surface area contributed by atoms with Crippen LogP contribution in [-0.2, 0) is 14.3 Å². The number of carbonyl (C=O) groups is 2. The molecule has 0 spiro atoms. The van der Waals surface area contributed by atoms with E-state index in [2.05, 4.69) is 5.32 Å². The first-order valence-electron chi connectivity index (χ1n) is 5.15. The van der Waals surface area contributed by atoms with Crippen LogP contribution in [0.25, 0.3) is 0 Å². The van der Waals surface area contributed by atoms with Gasteiger partial charge in [0.25, 0.3) is 0 Å². The molecule has 0 bridgehead atoms. The average Bonchev–Trinajstić information content (AvgIpc) is 2.14. The third-order valence-electron chi connectivity index (χ3n) is 1.77. The predicted octanol–water partition coefficient (Wildman–Crippen LogP) is 0.782. The van der Waals surface area contributed by atoms with Crippen molar-refractivity contribution in [2.75, 3.05) is 13.2 Å². The van der Waals surface area contributed by atoms with E-state index in [1.165, 1.54) is 0 Å². The molecule has 0 rings (SSSR count). The van der Waals surface area contributed by atoms with Gasteiger partial charge >= 0.3 is 5.97 Å². The Morgan fingerprint density at radius 1 is 1.40 bits per heavy atom. The second-order valence-electron chi connectivity index (χ2n) is 3.38. The lowest BCUT2D eigenvalue weighted by Gasteiger charge is -2.13. The molecular weight excluding hydrogens is 198 g/mol. The first-order valence-corrected chi connectivity index (χ1v) is 5.15. The Labute approximate surface area is 89.8 Å². The Balaban J connectivity index is 3.50. The fourth-order valence-electron chi connectivity index (χ4n) is 1.08. The normalized spacial score (nSPS) is 12.1. The summed E-state index contributed by atoms with van der Waals surface area (Å²) in [6.07, 6.45) is 0.665. The summed E-state index contributed by atoms with van der Waals surface area (Å²) >= 11 is 0. The van der Waals surface area contributed by atoms with Gasteiger partial charge in [-0.3, -0.25) is 9.59 Å². The van der Waals surface area contributed by atoms with Crippen LogP contribution in [0.2, 0.25) is 0 Å². The first-order chi connectivity index (χ1) is 7.06. The third-order valence-corrected chi connectivity index (χ3v) is 1.77. The quantitative estimate of drug-likeness (QED) is 0.630. The van der Waals surface area contributed by atoms with Crippen molar-refractivity contribution in [2.24, 2.45) is 0 Å². The van der Waals surface area contributed by atoms with Crippen molar-refractivity contribution in [2.45, 2.75) is 39.2 Å². The lowest BCUT2D eigenvalue weighted by atomic mass is 10.2. The van der Waals surface area contributed by atoms with E-state index >= 15 is 0 Å². The molecule has 0 fully saturated rings. The highest BCUT2D eigenvalue weighted by molar-refractivity contribution is 5.77. The fraction of sp³-hybridized carbons (Fsp3) is 0.800. The molecule has 0 aromatic carbocycles. The third kappa shape index (κ3) is 9.21. The first kappa shape index (κ1) is 13.9. The number of rotatable bonds is 8. The van der Waals surface area contributed by atoms with Crippen LogP contribution in [0.15, 0.2) is 0 Å². The second-order valence-corrected chi connectivity index (χ2v) is 3.38. The highest BCUT2D eigenvalue weighted by Crippen LogP contribution is 1.96. The molecule has 1 atom stereocenters. The van der Waals surface area contributed by atoms with E-state index in [4.69, 9.17) is 9.84 Å². The zero-order valence-corrected chi connectivity index (χ0v) is 9.28. The maximum atomic E-state index is 11.2.